The third kappa shape index (κ3) is 1.10. The summed E-state index contributed by atoms with van der Waals surface area (Å²) < 4.78 is 7.01. The number of carbonyl (C=O) groups is 1. The standard InChI is InChI=1S/C14H10O2/c1-8-6-9-2-4-11(15)14-12(16)5-3-10(7-8)13(9)14/h2-7,15H,1H3/i/hD. The molecule has 0 spiro atoms. The topological polar surface area (TPSA) is 37.3 Å². The van der Waals surface area contributed by atoms with Crippen LogP contribution in [0, 0.1) is 6.92 Å². The van der Waals surface area contributed by atoms with Crippen molar-refractivity contribution in [3.63, 3.8) is 0 Å². The Bertz CT molecular complexity index is 671. The molecule has 0 radical (unpaired) electrons. The zero-order chi connectivity index (χ0) is 12.0. The molecule has 0 saturated carbocycles. The molecule has 0 saturated heterocycles. The molecule has 0 aliphatic heterocycles. The monoisotopic (exact) mass is 211 g/mol. The van der Waals surface area contributed by atoms with E-state index in [4.69, 9.17) is 1.43 Å². The van der Waals surface area contributed by atoms with Crippen LogP contribution in [0.5, 0.6) is 5.75 Å². The van der Waals surface area contributed by atoms with Gasteiger partial charge in [0.2, 0.25) is 0 Å². The second-order valence-electron chi connectivity index (χ2n) is 4.09. The molecule has 0 amide bonds. The van der Waals surface area contributed by atoms with E-state index in [0.29, 0.717) is 11.3 Å². The first-order valence-corrected chi connectivity index (χ1v) is 5.13. The molecule has 2 heteroatoms. The summed E-state index contributed by atoms with van der Waals surface area (Å²) in [6.07, 6.45) is 3.34. The molecule has 0 aromatic heterocycles. The van der Waals surface area contributed by atoms with E-state index in [1.165, 1.54) is 6.08 Å². The summed E-state index contributed by atoms with van der Waals surface area (Å²) in [5, 5.41) is 6.42. The average Bonchev–Trinajstić information content (AvgIpc) is 2.33. The molecule has 2 aromatic carbocycles. The van der Waals surface area contributed by atoms with Gasteiger partial charge in [0.15, 0.2) is 5.78 Å². The molecule has 1 aliphatic rings. The van der Waals surface area contributed by atoms with Gasteiger partial charge in [-0.15, -0.1) is 0 Å². The maximum absolute atomic E-state index is 11.9. The van der Waals surface area contributed by atoms with Gasteiger partial charge in [0.05, 0.1) is 5.56 Å². The van der Waals surface area contributed by atoms with Crippen molar-refractivity contribution in [1.82, 2.24) is 0 Å². The lowest BCUT2D eigenvalue weighted by Crippen LogP contribution is -2.02. The highest BCUT2D eigenvalue weighted by Crippen LogP contribution is 2.34. The minimum Gasteiger partial charge on any atom is -0.507 e. The molecule has 0 atom stereocenters. The number of hydrogen-bond acceptors (Lipinski definition) is 2. The smallest absolute Gasteiger partial charge is 0.293 e. The Kier molecular flexibility index (Phi) is 1.50. The summed E-state index contributed by atoms with van der Waals surface area (Å²) in [6.45, 7) is 2.02. The average molecular weight is 211 g/mol. The highest BCUT2D eigenvalue weighted by atomic mass is 16.3. The zero-order valence-electron chi connectivity index (χ0n) is 9.78. The summed E-state index contributed by atoms with van der Waals surface area (Å²) in [6, 6.07) is 7.61. The Balaban J connectivity index is 2.52. The number of allylic oxidation sites excluding steroid dienone is 1. The fourth-order valence-corrected chi connectivity index (χ4v) is 2.26. The molecule has 1 aliphatic carbocycles. The summed E-state index contributed by atoms with van der Waals surface area (Å²) in [4.78, 5) is 11.9. The van der Waals surface area contributed by atoms with Crippen LogP contribution >= 0.6 is 0 Å². The molecule has 0 heterocycles. The highest BCUT2D eigenvalue weighted by Gasteiger charge is 2.18. The fourth-order valence-electron chi connectivity index (χ4n) is 2.26. The number of phenolic OH excluding ortho intramolecular Hbond substituents is 1. The lowest BCUT2D eigenvalue weighted by molar-refractivity contribution is 0.104. The van der Waals surface area contributed by atoms with E-state index in [-0.39, 0.29) is 5.78 Å². The van der Waals surface area contributed by atoms with Crippen molar-refractivity contribution in [3.8, 4) is 5.75 Å². The number of ketones is 1. The molecule has 2 nitrogen and oxygen atoms in total. The maximum Gasteiger partial charge on any atom is 0.293 e. The SMILES string of the molecule is [2H]Oc1ccc2cc(C)cc3c2c1C(=O)C=C3. The van der Waals surface area contributed by atoms with Crippen molar-refractivity contribution < 1.29 is 9.90 Å². The van der Waals surface area contributed by atoms with Gasteiger partial charge in [-0.3, -0.25) is 4.79 Å². The van der Waals surface area contributed by atoms with Gasteiger partial charge in [-0.2, -0.15) is 0 Å². The number of aromatic hydroxyl groups is 1. The van der Waals surface area contributed by atoms with E-state index in [1.807, 2.05) is 31.2 Å². The van der Waals surface area contributed by atoms with Crippen LogP contribution in [-0.2, 0) is 0 Å². The molecule has 0 fully saturated rings. The van der Waals surface area contributed by atoms with Gasteiger partial charge in [-0.25, -0.2) is 0 Å². The van der Waals surface area contributed by atoms with E-state index in [9.17, 15) is 4.79 Å². The fraction of sp³-hybridized carbons (Fsp3) is 0.0714. The van der Waals surface area contributed by atoms with Gasteiger partial charge >= 0.3 is 0 Å². The number of hydrogen-bond donors (Lipinski definition) is 1. The molecule has 1 N–H and O–H groups in total. The molecule has 3 rings (SSSR count). The Labute approximate surface area is 94.3 Å². The van der Waals surface area contributed by atoms with Crippen LogP contribution in [0.25, 0.3) is 16.8 Å². The molecule has 78 valence electrons. The quantitative estimate of drug-likeness (QED) is 0.787. The van der Waals surface area contributed by atoms with Gasteiger partial charge in [0, 0.05) is 5.39 Å². The summed E-state index contributed by atoms with van der Waals surface area (Å²) >= 11 is 0. The predicted octanol–water partition coefficient (Wildman–Crippen LogP) is 3.06. The molecule has 0 bridgehead atoms. The van der Waals surface area contributed by atoms with Gasteiger partial charge in [-0.05, 0) is 35.6 Å². The van der Waals surface area contributed by atoms with Crippen LogP contribution < -0.4 is 0 Å². The number of benzene rings is 2. The van der Waals surface area contributed by atoms with E-state index >= 15 is 0 Å². The Hall–Kier alpha value is -2.09. The Morgan fingerprint density at radius 2 is 2.12 bits per heavy atom. The highest BCUT2D eigenvalue weighted by molar-refractivity contribution is 6.21. The van der Waals surface area contributed by atoms with E-state index < -0.39 is 0 Å². The minimum atomic E-state index is -0.103. The minimum absolute atomic E-state index is 0.103. The molecule has 0 unspecified atom stereocenters. The van der Waals surface area contributed by atoms with Crippen molar-refractivity contribution in [3.05, 3.63) is 47.0 Å². The third-order valence-electron chi connectivity index (χ3n) is 2.92. The summed E-state index contributed by atoms with van der Waals surface area (Å²) in [7, 11) is 0. The molecular weight excluding hydrogens is 200 g/mol. The van der Waals surface area contributed by atoms with Crippen LogP contribution in [0.3, 0.4) is 0 Å². The first-order chi connectivity index (χ1) is 8.20. The molecular formula is C14H10O2. The van der Waals surface area contributed by atoms with Crippen molar-refractivity contribution in [2.24, 2.45) is 0 Å². The number of carbonyl (C=O) groups excluding carboxylic acids is 1. The van der Waals surface area contributed by atoms with Crippen molar-refractivity contribution >= 4 is 22.6 Å². The van der Waals surface area contributed by atoms with Crippen LogP contribution in [0.15, 0.2) is 30.3 Å². The van der Waals surface area contributed by atoms with Crippen molar-refractivity contribution in [2.75, 3.05) is 0 Å². The van der Waals surface area contributed by atoms with Crippen LogP contribution in [0.1, 0.15) is 21.5 Å². The first kappa shape index (κ1) is 8.11. The molecule has 2 aromatic rings. The van der Waals surface area contributed by atoms with Crippen molar-refractivity contribution in [2.45, 2.75) is 6.92 Å². The normalized spacial score (nSPS) is 14.1. The third-order valence-corrected chi connectivity index (χ3v) is 2.92. The van der Waals surface area contributed by atoms with E-state index in [0.717, 1.165) is 21.9 Å². The van der Waals surface area contributed by atoms with Crippen LogP contribution in [0.2, 0.25) is 0 Å². The van der Waals surface area contributed by atoms with Crippen LogP contribution in [0.4, 0.5) is 0 Å². The second kappa shape index (κ2) is 2.95. The number of aryl methyl sites for hydroxylation is 1. The largest absolute Gasteiger partial charge is 0.507 e. The zero-order valence-corrected chi connectivity index (χ0v) is 8.78. The predicted molar refractivity (Wildman–Crippen MR) is 63.7 cm³/mol. The van der Waals surface area contributed by atoms with E-state index in [2.05, 4.69) is 5.11 Å². The molecule has 16 heavy (non-hydrogen) atoms. The maximum atomic E-state index is 11.9. The van der Waals surface area contributed by atoms with Gasteiger partial charge in [-0.1, -0.05) is 24.3 Å². The first-order valence-electron chi connectivity index (χ1n) is 5.54. The lowest BCUT2D eigenvalue weighted by Gasteiger charge is -2.14. The number of rotatable bonds is 1. The Morgan fingerprint density at radius 1 is 1.25 bits per heavy atom. The van der Waals surface area contributed by atoms with E-state index in [1.54, 1.807) is 6.07 Å². The summed E-state index contributed by atoms with van der Waals surface area (Å²) in [5.74, 6) is 0.214. The Morgan fingerprint density at radius 3 is 2.94 bits per heavy atom. The number of phenols is 1. The van der Waals surface area contributed by atoms with Crippen molar-refractivity contribution in [1.29, 1.82) is 1.43 Å². The van der Waals surface area contributed by atoms with Gasteiger partial charge in [0.1, 0.15) is 5.75 Å². The lowest BCUT2D eigenvalue weighted by atomic mass is 9.90. The van der Waals surface area contributed by atoms with Gasteiger partial charge < -0.3 is 5.11 Å². The summed E-state index contributed by atoms with van der Waals surface area (Å²) in [5.41, 5.74) is 2.65. The van der Waals surface area contributed by atoms with Crippen LogP contribution in [-0.4, -0.2) is 12.3 Å². The van der Waals surface area contributed by atoms with Gasteiger partial charge in [0.25, 0.3) is 1.43 Å². The second-order valence-corrected chi connectivity index (χ2v) is 4.09.